The van der Waals surface area contributed by atoms with Crippen molar-refractivity contribution in [1.29, 1.82) is 0 Å². The van der Waals surface area contributed by atoms with Crippen molar-refractivity contribution in [3.63, 3.8) is 0 Å². The standard InChI is InChI=1S/C39H35N5O4S/c45-25-27-15-17-29(18-16-27)36-23-34(26-49-39-41-42-43-44(39)33-12-5-2-6-13-33)47-38(48-36)31-21-19-28(20-22-31)35-14-8-7-11-32(35)24-40-37(46)30-9-3-1-4-10-30/h1-22,34,36,38,45H,23-26H2,(H,40,46)/t34-,36+,38+/m1/s1. The van der Waals surface area contributed by atoms with E-state index in [2.05, 4.69) is 39.0 Å². The van der Waals surface area contributed by atoms with E-state index in [0.29, 0.717) is 29.4 Å². The molecule has 1 aliphatic heterocycles. The Labute approximate surface area is 288 Å². The van der Waals surface area contributed by atoms with E-state index in [4.69, 9.17) is 9.47 Å². The van der Waals surface area contributed by atoms with Gasteiger partial charge in [0, 0.05) is 29.8 Å². The van der Waals surface area contributed by atoms with E-state index in [9.17, 15) is 9.90 Å². The smallest absolute Gasteiger partial charge is 0.251 e. The first-order valence-corrected chi connectivity index (χ1v) is 17.1. The second-order valence-corrected chi connectivity index (χ2v) is 12.7. The van der Waals surface area contributed by atoms with E-state index in [1.807, 2.05) is 103 Å². The van der Waals surface area contributed by atoms with Crippen LogP contribution < -0.4 is 5.32 Å². The molecule has 3 atom stereocenters. The van der Waals surface area contributed by atoms with Crippen LogP contribution in [0.15, 0.2) is 139 Å². The molecule has 1 aliphatic rings. The Morgan fingerprint density at radius 2 is 1.51 bits per heavy atom. The number of thioether (sulfide) groups is 1. The number of carbonyl (C=O) groups is 1. The Bertz CT molecular complexity index is 1970. The van der Waals surface area contributed by atoms with Crippen molar-refractivity contribution in [2.75, 3.05) is 5.75 Å². The third kappa shape index (κ3) is 7.79. The molecule has 1 saturated heterocycles. The lowest BCUT2D eigenvalue weighted by Crippen LogP contribution is -2.31. The normalized spacial score (nSPS) is 17.4. The van der Waals surface area contributed by atoms with Gasteiger partial charge in [-0.1, -0.05) is 121 Å². The van der Waals surface area contributed by atoms with Crippen LogP contribution in [0.4, 0.5) is 0 Å². The summed E-state index contributed by atoms with van der Waals surface area (Å²) in [5.74, 6) is 0.514. The number of aliphatic hydroxyl groups is 1. The molecule has 1 aromatic heterocycles. The third-order valence-electron chi connectivity index (χ3n) is 8.44. The minimum Gasteiger partial charge on any atom is -0.392 e. The number of para-hydroxylation sites is 1. The number of tetrazole rings is 1. The highest BCUT2D eigenvalue weighted by Crippen LogP contribution is 2.40. The van der Waals surface area contributed by atoms with Crippen molar-refractivity contribution < 1.29 is 19.4 Å². The molecule has 2 heterocycles. The number of benzene rings is 5. The lowest BCUT2D eigenvalue weighted by molar-refractivity contribution is -0.245. The number of aromatic nitrogens is 4. The van der Waals surface area contributed by atoms with Crippen LogP contribution in [0.1, 0.15) is 51.4 Å². The number of ether oxygens (including phenoxy) is 2. The second kappa shape index (κ2) is 15.4. The van der Waals surface area contributed by atoms with Crippen LogP contribution in [0.2, 0.25) is 0 Å². The van der Waals surface area contributed by atoms with E-state index >= 15 is 0 Å². The van der Waals surface area contributed by atoms with Gasteiger partial charge in [-0.15, -0.1) is 5.10 Å². The number of rotatable bonds is 11. The number of amides is 1. The maximum Gasteiger partial charge on any atom is 0.251 e. The van der Waals surface area contributed by atoms with Gasteiger partial charge in [0.1, 0.15) is 0 Å². The fraction of sp³-hybridized carbons (Fsp3) is 0.179. The van der Waals surface area contributed by atoms with E-state index in [0.717, 1.165) is 39.1 Å². The summed E-state index contributed by atoms with van der Waals surface area (Å²) in [7, 11) is 0. The van der Waals surface area contributed by atoms with Crippen LogP contribution >= 0.6 is 11.8 Å². The fourth-order valence-corrected chi connectivity index (χ4v) is 6.74. The van der Waals surface area contributed by atoms with Gasteiger partial charge in [0.15, 0.2) is 6.29 Å². The number of nitrogens with one attached hydrogen (secondary N) is 1. The minimum atomic E-state index is -0.596. The molecule has 6 aromatic rings. The van der Waals surface area contributed by atoms with E-state index < -0.39 is 6.29 Å². The molecule has 1 fully saturated rings. The zero-order valence-corrected chi connectivity index (χ0v) is 27.4. The molecule has 0 spiro atoms. The van der Waals surface area contributed by atoms with Gasteiger partial charge in [0.05, 0.1) is 24.5 Å². The van der Waals surface area contributed by atoms with Gasteiger partial charge in [-0.3, -0.25) is 4.79 Å². The van der Waals surface area contributed by atoms with Crippen molar-refractivity contribution in [3.8, 4) is 16.8 Å². The quantitative estimate of drug-likeness (QED) is 0.141. The summed E-state index contributed by atoms with van der Waals surface area (Å²) in [6.07, 6.45) is -0.312. The molecule has 0 radical (unpaired) electrons. The van der Waals surface area contributed by atoms with Gasteiger partial charge in [-0.2, -0.15) is 4.68 Å². The highest BCUT2D eigenvalue weighted by molar-refractivity contribution is 7.99. The number of carbonyl (C=O) groups excluding carboxylic acids is 1. The summed E-state index contributed by atoms with van der Waals surface area (Å²) in [5, 5.41) is 25.7. The first-order valence-electron chi connectivity index (χ1n) is 16.1. The van der Waals surface area contributed by atoms with Crippen LogP contribution in [0.5, 0.6) is 0 Å². The minimum absolute atomic E-state index is 0.0121. The van der Waals surface area contributed by atoms with Crippen molar-refractivity contribution in [1.82, 2.24) is 25.5 Å². The lowest BCUT2D eigenvalue weighted by atomic mass is 9.97. The average Bonchev–Trinajstić information content (AvgIpc) is 3.66. The first-order chi connectivity index (χ1) is 24.1. The molecule has 1 amide bonds. The number of hydrogen-bond acceptors (Lipinski definition) is 8. The highest BCUT2D eigenvalue weighted by Gasteiger charge is 2.32. The average molecular weight is 670 g/mol. The number of hydrogen-bond donors (Lipinski definition) is 2. The zero-order valence-electron chi connectivity index (χ0n) is 26.6. The van der Waals surface area contributed by atoms with Gasteiger partial charge in [-0.05, 0) is 62.5 Å². The SMILES string of the molecule is O=C(NCc1ccccc1-c1ccc([C@H]2O[C@@H](CSc3nnnn3-c3ccccc3)C[C@@H](c3ccc(CO)cc3)O2)cc1)c1ccccc1. The molecule has 10 heteroatoms. The largest absolute Gasteiger partial charge is 0.392 e. The van der Waals surface area contributed by atoms with Crippen molar-refractivity contribution >= 4 is 17.7 Å². The van der Waals surface area contributed by atoms with Crippen LogP contribution in [0.25, 0.3) is 16.8 Å². The molecule has 0 saturated carbocycles. The van der Waals surface area contributed by atoms with E-state index in [-0.39, 0.29) is 24.7 Å². The molecule has 0 unspecified atom stereocenters. The highest BCUT2D eigenvalue weighted by atomic mass is 32.2. The molecule has 0 bridgehead atoms. The van der Waals surface area contributed by atoms with Crippen LogP contribution in [0.3, 0.4) is 0 Å². The Morgan fingerprint density at radius 1 is 0.816 bits per heavy atom. The maximum atomic E-state index is 12.7. The molecule has 49 heavy (non-hydrogen) atoms. The molecule has 7 rings (SSSR count). The molecule has 2 N–H and O–H groups in total. The lowest BCUT2D eigenvalue weighted by Gasteiger charge is -2.36. The van der Waals surface area contributed by atoms with E-state index in [1.165, 1.54) is 0 Å². The summed E-state index contributed by atoms with van der Waals surface area (Å²) < 4.78 is 14.9. The predicted octanol–water partition coefficient (Wildman–Crippen LogP) is 7.09. The van der Waals surface area contributed by atoms with Gasteiger partial charge >= 0.3 is 0 Å². The topological polar surface area (TPSA) is 111 Å². The molecule has 5 aromatic carbocycles. The predicted molar refractivity (Wildman–Crippen MR) is 188 cm³/mol. The van der Waals surface area contributed by atoms with Crippen LogP contribution in [-0.2, 0) is 22.6 Å². The molecule has 0 aliphatic carbocycles. The second-order valence-electron chi connectivity index (χ2n) is 11.7. The Balaban J connectivity index is 1.09. The summed E-state index contributed by atoms with van der Waals surface area (Å²) >= 11 is 1.55. The van der Waals surface area contributed by atoms with Crippen molar-refractivity contribution in [2.45, 2.75) is 43.2 Å². The Kier molecular flexibility index (Phi) is 10.2. The fourth-order valence-electron chi connectivity index (χ4n) is 5.83. The summed E-state index contributed by atoms with van der Waals surface area (Å²) in [5.41, 5.74) is 7.39. The summed E-state index contributed by atoms with van der Waals surface area (Å²) in [6.45, 7) is 0.395. The molecule has 246 valence electrons. The summed E-state index contributed by atoms with van der Waals surface area (Å²) in [6, 6.07) is 43.2. The third-order valence-corrected chi connectivity index (χ3v) is 9.49. The molecule has 9 nitrogen and oxygen atoms in total. The van der Waals surface area contributed by atoms with Crippen LogP contribution in [-0.4, -0.2) is 43.1 Å². The van der Waals surface area contributed by atoms with Crippen molar-refractivity contribution in [3.05, 3.63) is 161 Å². The number of aliphatic hydroxyl groups excluding tert-OH is 1. The number of nitrogens with zero attached hydrogens (tertiary/aromatic N) is 4. The Morgan fingerprint density at radius 3 is 2.27 bits per heavy atom. The maximum absolute atomic E-state index is 12.7. The van der Waals surface area contributed by atoms with Gasteiger partial charge in [-0.25, -0.2) is 0 Å². The summed E-state index contributed by atoms with van der Waals surface area (Å²) in [4.78, 5) is 12.7. The van der Waals surface area contributed by atoms with Crippen LogP contribution in [0, 0.1) is 0 Å². The Hall–Kier alpha value is -5.13. The first kappa shape index (κ1) is 32.4. The molecular weight excluding hydrogens is 635 g/mol. The monoisotopic (exact) mass is 669 g/mol. The van der Waals surface area contributed by atoms with E-state index in [1.54, 1.807) is 28.6 Å². The molecular formula is C39H35N5O4S. The van der Waals surface area contributed by atoms with Gasteiger partial charge < -0.3 is 19.9 Å². The van der Waals surface area contributed by atoms with Gasteiger partial charge in [0.25, 0.3) is 5.91 Å². The van der Waals surface area contributed by atoms with Gasteiger partial charge in [0.2, 0.25) is 5.16 Å². The van der Waals surface area contributed by atoms with Crippen molar-refractivity contribution in [2.24, 2.45) is 0 Å². The zero-order chi connectivity index (χ0) is 33.4.